The van der Waals surface area contributed by atoms with Crippen LogP contribution < -0.4 is 10.3 Å². The summed E-state index contributed by atoms with van der Waals surface area (Å²) in [7, 11) is 1.62. The molecular weight excluding hydrogens is 344 g/mol. The topological polar surface area (TPSA) is 79.7 Å². The van der Waals surface area contributed by atoms with E-state index < -0.39 is 0 Å². The number of nitrogens with zero attached hydrogens (tertiary/aromatic N) is 3. The van der Waals surface area contributed by atoms with Crippen LogP contribution in [0.2, 0.25) is 0 Å². The maximum Gasteiger partial charge on any atom is 0.272 e. The van der Waals surface area contributed by atoms with E-state index in [1.165, 1.54) is 10.6 Å². The Morgan fingerprint density at radius 3 is 2.81 bits per heavy atom. The van der Waals surface area contributed by atoms with E-state index in [1.54, 1.807) is 7.11 Å². The van der Waals surface area contributed by atoms with Crippen LogP contribution in [0.15, 0.2) is 41.2 Å². The third-order valence-electron chi connectivity index (χ3n) is 5.09. The van der Waals surface area contributed by atoms with Crippen LogP contribution in [-0.4, -0.2) is 45.6 Å². The smallest absolute Gasteiger partial charge is 0.272 e. The van der Waals surface area contributed by atoms with Gasteiger partial charge >= 0.3 is 0 Å². The van der Waals surface area contributed by atoms with E-state index in [0.29, 0.717) is 24.3 Å². The second-order valence-corrected chi connectivity index (χ2v) is 6.99. The minimum Gasteiger partial charge on any atom is -0.497 e. The first-order valence-corrected chi connectivity index (χ1v) is 9.03. The molecule has 1 fully saturated rings. The molecule has 4 rings (SSSR count). The maximum atomic E-state index is 12.6. The predicted octanol–water partition coefficient (Wildman–Crippen LogP) is 1.90. The van der Waals surface area contributed by atoms with Gasteiger partial charge in [-0.25, -0.2) is 9.50 Å². The van der Waals surface area contributed by atoms with Crippen molar-refractivity contribution < 1.29 is 9.53 Å². The molecule has 1 N–H and O–H groups in total. The van der Waals surface area contributed by atoms with Crippen molar-refractivity contribution in [2.45, 2.75) is 25.7 Å². The van der Waals surface area contributed by atoms with Gasteiger partial charge in [-0.3, -0.25) is 14.7 Å². The maximum absolute atomic E-state index is 12.6. The van der Waals surface area contributed by atoms with Crippen LogP contribution in [0.4, 0.5) is 0 Å². The number of rotatable bonds is 4. The highest BCUT2D eigenvalue weighted by atomic mass is 16.5. The number of H-pyrrole nitrogens is 1. The molecule has 0 spiro atoms. The number of amides is 1. The monoisotopic (exact) mass is 366 g/mol. The molecule has 1 amide bonds. The zero-order valence-corrected chi connectivity index (χ0v) is 15.4. The Labute approximate surface area is 156 Å². The first kappa shape index (κ1) is 17.3. The van der Waals surface area contributed by atoms with Gasteiger partial charge in [0, 0.05) is 42.5 Å². The van der Waals surface area contributed by atoms with Crippen molar-refractivity contribution in [2.75, 3.05) is 20.2 Å². The number of aromatic nitrogens is 3. The molecule has 0 aliphatic carbocycles. The van der Waals surface area contributed by atoms with Crippen molar-refractivity contribution in [3.8, 4) is 5.75 Å². The van der Waals surface area contributed by atoms with Gasteiger partial charge in [-0.15, -0.1) is 0 Å². The van der Waals surface area contributed by atoms with E-state index in [9.17, 15) is 9.59 Å². The number of likely N-dealkylation sites (tertiary alicyclic amines) is 1. The van der Waals surface area contributed by atoms with E-state index in [1.807, 2.05) is 42.2 Å². The Balaban J connectivity index is 1.45. The van der Waals surface area contributed by atoms with Gasteiger partial charge in [0.1, 0.15) is 5.75 Å². The number of carbonyl (C=O) groups excluding carboxylic acids is 1. The minimum absolute atomic E-state index is 0.116. The van der Waals surface area contributed by atoms with Crippen molar-refractivity contribution in [1.82, 2.24) is 19.5 Å². The van der Waals surface area contributed by atoms with Gasteiger partial charge in [0.2, 0.25) is 5.91 Å². The van der Waals surface area contributed by atoms with Gasteiger partial charge < -0.3 is 9.64 Å². The molecule has 3 heterocycles. The molecule has 1 aliphatic rings. The summed E-state index contributed by atoms with van der Waals surface area (Å²) >= 11 is 0. The highest BCUT2D eigenvalue weighted by Crippen LogP contribution is 2.27. The number of carbonyl (C=O) groups is 1. The first-order valence-electron chi connectivity index (χ1n) is 9.03. The molecule has 0 bridgehead atoms. The first-order chi connectivity index (χ1) is 13.0. The third kappa shape index (κ3) is 3.45. The van der Waals surface area contributed by atoms with Gasteiger partial charge in [0.15, 0.2) is 5.65 Å². The van der Waals surface area contributed by atoms with Gasteiger partial charge in [-0.1, -0.05) is 12.1 Å². The van der Waals surface area contributed by atoms with Crippen LogP contribution >= 0.6 is 0 Å². The van der Waals surface area contributed by atoms with E-state index in [-0.39, 0.29) is 17.4 Å². The molecule has 1 aromatic carbocycles. The van der Waals surface area contributed by atoms with Crippen LogP contribution in [0.3, 0.4) is 0 Å². The van der Waals surface area contributed by atoms with Crippen LogP contribution in [-0.2, 0) is 11.2 Å². The fourth-order valence-corrected chi connectivity index (χ4v) is 3.61. The molecule has 0 saturated carbocycles. The van der Waals surface area contributed by atoms with Crippen LogP contribution in [0.25, 0.3) is 5.65 Å². The summed E-state index contributed by atoms with van der Waals surface area (Å²) in [5, 5.41) is 3.14. The number of aryl methyl sites for hydroxylation is 1. The molecule has 7 heteroatoms. The van der Waals surface area contributed by atoms with Crippen LogP contribution in [0.1, 0.15) is 29.3 Å². The van der Waals surface area contributed by atoms with E-state index in [4.69, 9.17) is 4.74 Å². The van der Waals surface area contributed by atoms with Crippen molar-refractivity contribution in [2.24, 2.45) is 0 Å². The number of hydrogen-bond acceptors (Lipinski definition) is 4. The van der Waals surface area contributed by atoms with Crippen molar-refractivity contribution in [1.29, 1.82) is 0 Å². The lowest BCUT2D eigenvalue weighted by atomic mass is 10.1. The molecule has 1 saturated heterocycles. The summed E-state index contributed by atoms with van der Waals surface area (Å²) in [6.45, 7) is 3.18. The Morgan fingerprint density at radius 2 is 2.07 bits per heavy atom. The standard InChI is InChI=1S/C20H22N4O3/c1-13-9-20(26)24-18(21-13)11-17(22-24)15-7-8-23(12-15)19(25)10-14-3-5-16(27-2)6-4-14/h3-6,9,11,15,22H,7-8,10,12H2,1-2H3/t15-/m0/s1. The highest BCUT2D eigenvalue weighted by Gasteiger charge is 2.28. The molecule has 2 aromatic heterocycles. The van der Waals surface area contributed by atoms with E-state index in [2.05, 4.69) is 10.1 Å². The average molecular weight is 366 g/mol. The Kier molecular flexibility index (Phi) is 4.43. The Hall–Kier alpha value is -3.09. The fourth-order valence-electron chi connectivity index (χ4n) is 3.61. The summed E-state index contributed by atoms with van der Waals surface area (Å²) < 4.78 is 6.61. The summed E-state index contributed by atoms with van der Waals surface area (Å²) in [6, 6.07) is 11.0. The summed E-state index contributed by atoms with van der Waals surface area (Å²) in [5.74, 6) is 1.08. The highest BCUT2D eigenvalue weighted by molar-refractivity contribution is 5.79. The second-order valence-electron chi connectivity index (χ2n) is 6.99. The second kappa shape index (κ2) is 6.90. The number of ether oxygens (including phenoxy) is 1. The molecule has 0 radical (unpaired) electrons. The summed E-state index contributed by atoms with van der Waals surface area (Å²) in [6.07, 6.45) is 1.25. The molecule has 27 heavy (non-hydrogen) atoms. The largest absolute Gasteiger partial charge is 0.497 e. The number of nitrogens with one attached hydrogen (secondary N) is 1. The molecule has 1 atom stereocenters. The molecule has 3 aromatic rings. The van der Waals surface area contributed by atoms with E-state index in [0.717, 1.165) is 30.0 Å². The molecular formula is C20H22N4O3. The fraction of sp³-hybridized carbons (Fsp3) is 0.350. The van der Waals surface area contributed by atoms with Crippen molar-refractivity contribution >= 4 is 11.6 Å². The van der Waals surface area contributed by atoms with Crippen molar-refractivity contribution in [3.05, 3.63) is 63.7 Å². The predicted molar refractivity (Wildman–Crippen MR) is 101 cm³/mol. The lowest BCUT2D eigenvalue weighted by Gasteiger charge is -2.16. The van der Waals surface area contributed by atoms with Crippen LogP contribution in [0, 0.1) is 6.92 Å². The van der Waals surface area contributed by atoms with E-state index >= 15 is 0 Å². The number of methoxy groups -OCH3 is 1. The van der Waals surface area contributed by atoms with Crippen molar-refractivity contribution in [3.63, 3.8) is 0 Å². The molecule has 7 nitrogen and oxygen atoms in total. The third-order valence-corrected chi connectivity index (χ3v) is 5.09. The zero-order chi connectivity index (χ0) is 19.0. The Bertz CT molecular complexity index is 1040. The zero-order valence-electron chi connectivity index (χ0n) is 15.4. The number of benzene rings is 1. The number of hydrogen-bond donors (Lipinski definition) is 1. The lowest BCUT2D eigenvalue weighted by molar-refractivity contribution is -0.129. The minimum atomic E-state index is -0.116. The normalized spacial score (nSPS) is 16.8. The van der Waals surface area contributed by atoms with Crippen LogP contribution in [0.5, 0.6) is 5.75 Å². The quantitative estimate of drug-likeness (QED) is 0.765. The van der Waals surface area contributed by atoms with Gasteiger partial charge in [-0.05, 0) is 31.0 Å². The molecule has 140 valence electrons. The molecule has 1 aliphatic heterocycles. The van der Waals surface area contributed by atoms with Gasteiger partial charge in [-0.2, -0.15) is 0 Å². The lowest BCUT2D eigenvalue weighted by Crippen LogP contribution is -2.29. The number of fused-ring (bicyclic) bond motifs is 1. The SMILES string of the molecule is COc1ccc(CC(=O)N2CC[C@H](c3cc4nc(C)cc(=O)n4[nH]3)C2)cc1. The Morgan fingerprint density at radius 1 is 1.30 bits per heavy atom. The average Bonchev–Trinajstić information content (AvgIpc) is 3.29. The summed E-state index contributed by atoms with van der Waals surface area (Å²) in [5.41, 5.74) is 3.13. The number of aromatic amines is 1. The summed E-state index contributed by atoms with van der Waals surface area (Å²) in [4.78, 5) is 31.0. The molecule has 0 unspecified atom stereocenters. The van der Waals surface area contributed by atoms with Gasteiger partial charge in [0.05, 0.1) is 13.5 Å². The van der Waals surface area contributed by atoms with Gasteiger partial charge in [0.25, 0.3) is 5.56 Å².